The minimum atomic E-state index is 0.0533. The number of rotatable bonds is 8. The monoisotopic (exact) mass is 293 g/mol. The van der Waals surface area contributed by atoms with Gasteiger partial charge in [0.1, 0.15) is 0 Å². The summed E-state index contributed by atoms with van der Waals surface area (Å²) in [4.78, 5) is 24.2. The van der Waals surface area contributed by atoms with Crippen molar-refractivity contribution < 1.29 is 4.79 Å². The van der Waals surface area contributed by atoms with Crippen LogP contribution in [0.3, 0.4) is 0 Å². The first-order valence-electron chi connectivity index (χ1n) is 7.43. The van der Waals surface area contributed by atoms with Gasteiger partial charge in [0, 0.05) is 51.2 Å². The largest absolute Gasteiger partial charge is 0.347 e. The smallest absolute Gasteiger partial charge is 0.241 e. The van der Waals surface area contributed by atoms with E-state index in [0.717, 1.165) is 25.1 Å². The highest BCUT2D eigenvalue weighted by atomic mass is 16.2. The number of hydrogen-bond acceptors (Lipinski definition) is 5. The van der Waals surface area contributed by atoms with Gasteiger partial charge in [-0.1, -0.05) is 20.8 Å². The fraction of sp³-hybridized carbons (Fsp3) is 0.667. The molecular weight excluding hydrogens is 266 g/mol. The molecule has 0 saturated heterocycles. The molecule has 1 N–H and O–H groups in total. The lowest BCUT2D eigenvalue weighted by Crippen LogP contribution is -2.38. The Balaban J connectivity index is 2.72. The molecule has 1 amide bonds. The molecule has 0 unspecified atom stereocenters. The van der Waals surface area contributed by atoms with E-state index in [2.05, 4.69) is 36.1 Å². The molecule has 1 rings (SSSR count). The SMILES string of the molecule is CCCN(CC(=O)N(C)C)c1ncc(CNC(C)C)cn1. The van der Waals surface area contributed by atoms with E-state index in [-0.39, 0.29) is 5.91 Å². The van der Waals surface area contributed by atoms with Crippen LogP contribution in [0.15, 0.2) is 12.4 Å². The predicted molar refractivity (Wildman–Crippen MR) is 85.2 cm³/mol. The minimum Gasteiger partial charge on any atom is -0.347 e. The second kappa shape index (κ2) is 8.56. The summed E-state index contributed by atoms with van der Waals surface area (Å²) in [6.45, 7) is 8.11. The fourth-order valence-corrected chi connectivity index (χ4v) is 1.75. The van der Waals surface area contributed by atoms with Gasteiger partial charge < -0.3 is 15.1 Å². The van der Waals surface area contributed by atoms with Crippen molar-refractivity contribution in [1.29, 1.82) is 0 Å². The van der Waals surface area contributed by atoms with E-state index in [0.29, 0.717) is 18.5 Å². The first-order chi connectivity index (χ1) is 9.93. The van der Waals surface area contributed by atoms with Crippen molar-refractivity contribution >= 4 is 11.9 Å². The first-order valence-corrected chi connectivity index (χ1v) is 7.43. The van der Waals surface area contributed by atoms with Crippen LogP contribution in [0.2, 0.25) is 0 Å². The van der Waals surface area contributed by atoms with Gasteiger partial charge in [-0.2, -0.15) is 0 Å². The zero-order valence-electron chi connectivity index (χ0n) is 13.8. The highest BCUT2D eigenvalue weighted by Crippen LogP contribution is 2.08. The van der Waals surface area contributed by atoms with E-state index in [9.17, 15) is 4.79 Å². The van der Waals surface area contributed by atoms with Crippen molar-refractivity contribution in [1.82, 2.24) is 20.2 Å². The van der Waals surface area contributed by atoms with Crippen LogP contribution >= 0.6 is 0 Å². The van der Waals surface area contributed by atoms with Crippen molar-refractivity contribution in [2.24, 2.45) is 0 Å². The number of hydrogen-bond donors (Lipinski definition) is 1. The maximum Gasteiger partial charge on any atom is 0.241 e. The lowest BCUT2D eigenvalue weighted by molar-refractivity contribution is -0.127. The Kier molecular flexibility index (Phi) is 7.08. The summed E-state index contributed by atoms with van der Waals surface area (Å²) in [5.74, 6) is 0.665. The molecule has 0 aliphatic rings. The lowest BCUT2D eigenvalue weighted by Gasteiger charge is -2.23. The van der Waals surface area contributed by atoms with Gasteiger partial charge in [-0.25, -0.2) is 9.97 Å². The van der Waals surface area contributed by atoms with Crippen LogP contribution in [0.25, 0.3) is 0 Å². The van der Waals surface area contributed by atoms with Gasteiger partial charge in [0.05, 0.1) is 6.54 Å². The number of amides is 1. The first kappa shape index (κ1) is 17.4. The molecule has 1 aromatic rings. The lowest BCUT2D eigenvalue weighted by atomic mass is 10.3. The van der Waals surface area contributed by atoms with Crippen molar-refractivity contribution in [2.75, 3.05) is 32.1 Å². The highest BCUT2D eigenvalue weighted by Gasteiger charge is 2.14. The third kappa shape index (κ3) is 6.08. The van der Waals surface area contributed by atoms with E-state index in [1.165, 1.54) is 0 Å². The van der Waals surface area contributed by atoms with Crippen molar-refractivity contribution in [3.63, 3.8) is 0 Å². The summed E-state index contributed by atoms with van der Waals surface area (Å²) < 4.78 is 0. The molecule has 6 nitrogen and oxygen atoms in total. The normalized spacial score (nSPS) is 10.8. The average Bonchev–Trinajstić information content (AvgIpc) is 2.45. The van der Waals surface area contributed by atoms with Crippen LogP contribution in [0.5, 0.6) is 0 Å². The Labute approximate surface area is 127 Å². The second-order valence-corrected chi connectivity index (χ2v) is 5.64. The number of anilines is 1. The number of nitrogens with one attached hydrogen (secondary N) is 1. The standard InChI is InChI=1S/C15H27N5O/c1-6-7-20(11-14(21)19(4)5)15-17-9-13(10-18-15)8-16-12(2)3/h9-10,12,16H,6-8,11H2,1-5H3. The predicted octanol–water partition coefficient (Wildman–Crippen LogP) is 1.28. The Morgan fingerprint density at radius 3 is 2.38 bits per heavy atom. The van der Waals surface area contributed by atoms with Gasteiger partial charge in [-0.05, 0) is 6.42 Å². The minimum absolute atomic E-state index is 0.0533. The summed E-state index contributed by atoms with van der Waals surface area (Å²) in [5, 5.41) is 3.33. The zero-order chi connectivity index (χ0) is 15.8. The highest BCUT2D eigenvalue weighted by molar-refractivity contribution is 5.80. The molecule has 0 bridgehead atoms. The Hall–Kier alpha value is -1.69. The third-order valence-electron chi connectivity index (χ3n) is 3.01. The number of nitrogens with zero attached hydrogens (tertiary/aromatic N) is 4. The van der Waals surface area contributed by atoms with E-state index < -0.39 is 0 Å². The van der Waals surface area contributed by atoms with Crippen LogP contribution in [-0.2, 0) is 11.3 Å². The van der Waals surface area contributed by atoms with Gasteiger partial charge in [0.25, 0.3) is 0 Å². The molecular formula is C15H27N5O. The molecule has 0 atom stereocenters. The van der Waals surface area contributed by atoms with E-state index in [4.69, 9.17) is 0 Å². The molecule has 6 heteroatoms. The van der Waals surface area contributed by atoms with Crippen molar-refractivity contribution in [3.8, 4) is 0 Å². The number of carbonyl (C=O) groups is 1. The maximum absolute atomic E-state index is 11.9. The van der Waals surface area contributed by atoms with Gasteiger partial charge in [0.15, 0.2) is 0 Å². The fourth-order valence-electron chi connectivity index (χ4n) is 1.75. The van der Waals surface area contributed by atoms with Crippen LogP contribution < -0.4 is 10.2 Å². The molecule has 0 fully saturated rings. The molecule has 0 spiro atoms. The molecule has 118 valence electrons. The summed E-state index contributed by atoms with van der Waals surface area (Å²) >= 11 is 0. The summed E-state index contributed by atoms with van der Waals surface area (Å²) in [5.41, 5.74) is 1.04. The van der Waals surface area contributed by atoms with Gasteiger partial charge >= 0.3 is 0 Å². The van der Waals surface area contributed by atoms with Crippen LogP contribution in [0.1, 0.15) is 32.8 Å². The third-order valence-corrected chi connectivity index (χ3v) is 3.01. The Morgan fingerprint density at radius 2 is 1.90 bits per heavy atom. The van der Waals surface area contributed by atoms with Crippen molar-refractivity contribution in [3.05, 3.63) is 18.0 Å². The molecule has 0 radical (unpaired) electrons. The molecule has 0 aliphatic heterocycles. The topological polar surface area (TPSA) is 61.4 Å². The quantitative estimate of drug-likeness (QED) is 0.782. The molecule has 0 aliphatic carbocycles. The Morgan fingerprint density at radius 1 is 1.29 bits per heavy atom. The van der Waals surface area contributed by atoms with Gasteiger partial charge in [-0.15, -0.1) is 0 Å². The summed E-state index contributed by atoms with van der Waals surface area (Å²) in [6.07, 6.45) is 4.59. The van der Waals surface area contributed by atoms with Gasteiger partial charge in [0.2, 0.25) is 11.9 Å². The Bertz CT molecular complexity index is 430. The number of likely N-dealkylation sites (N-methyl/N-ethyl adjacent to an activating group) is 1. The summed E-state index contributed by atoms with van der Waals surface area (Å²) in [6, 6.07) is 0.430. The molecule has 21 heavy (non-hydrogen) atoms. The molecule has 0 aromatic carbocycles. The van der Waals surface area contributed by atoms with E-state index in [1.54, 1.807) is 19.0 Å². The molecule has 1 heterocycles. The van der Waals surface area contributed by atoms with Crippen LogP contribution in [0.4, 0.5) is 5.95 Å². The number of carbonyl (C=O) groups excluding carboxylic acids is 1. The van der Waals surface area contributed by atoms with Crippen LogP contribution in [-0.4, -0.2) is 54.0 Å². The average molecular weight is 293 g/mol. The molecule has 1 aromatic heterocycles. The van der Waals surface area contributed by atoms with E-state index in [1.807, 2.05) is 17.3 Å². The maximum atomic E-state index is 11.9. The van der Waals surface area contributed by atoms with Gasteiger partial charge in [-0.3, -0.25) is 4.79 Å². The van der Waals surface area contributed by atoms with E-state index >= 15 is 0 Å². The molecule has 0 saturated carbocycles. The number of aromatic nitrogens is 2. The summed E-state index contributed by atoms with van der Waals surface area (Å²) in [7, 11) is 3.52. The van der Waals surface area contributed by atoms with Crippen LogP contribution in [0, 0.1) is 0 Å². The van der Waals surface area contributed by atoms with Crippen molar-refractivity contribution in [2.45, 2.75) is 39.8 Å². The second-order valence-electron chi connectivity index (χ2n) is 5.64. The zero-order valence-corrected chi connectivity index (χ0v) is 13.8.